The molecular formula is C8H18N2O. The first-order chi connectivity index (χ1) is 5.33. The molecule has 3 nitrogen and oxygen atoms in total. The average Bonchev–Trinajstić information content (AvgIpc) is 2.39. The third-order valence-electron chi connectivity index (χ3n) is 2.26. The number of ether oxygens (including phenoxy) is 1. The molecule has 0 aliphatic carbocycles. The van der Waals surface area contributed by atoms with Gasteiger partial charge in [0.25, 0.3) is 0 Å². The quantitative estimate of drug-likeness (QED) is 0.610. The monoisotopic (exact) mass is 158 g/mol. The van der Waals surface area contributed by atoms with Crippen LogP contribution in [0.4, 0.5) is 0 Å². The van der Waals surface area contributed by atoms with Crippen LogP contribution >= 0.6 is 0 Å². The van der Waals surface area contributed by atoms with Crippen molar-refractivity contribution in [3.63, 3.8) is 0 Å². The predicted octanol–water partition coefficient (Wildman–Crippen LogP) is 0.104. The molecule has 1 rings (SSSR count). The van der Waals surface area contributed by atoms with Gasteiger partial charge in [-0.3, -0.25) is 0 Å². The van der Waals surface area contributed by atoms with Crippen molar-refractivity contribution in [3.8, 4) is 0 Å². The second-order valence-corrected chi connectivity index (χ2v) is 3.08. The predicted molar refractivity (Wildman–Crippen MR) is 45.5 cm³/mol. The minimum Gasteiger partial charge on any atom is -0.374 e. The van der Waals surface area contributed by atoms with E-state index in [1.807, 2.05) is 6.92 Å². The second-order valence-electron chi connectivity index (χ2n) is 3.08. The topological polar surface area (TPSA) is 47.3 Å². The SMILES string of the molecule is CCOC1(CCN)CCNC1. The first kappa shape index (κ1) is 8.97. The highest BCUT2D eigenvalue weighted by Crippen LogP contribution is 2.22. The lowest BCUT2D eigenvalue weighted by molar-refractivity contribution is -0.0278. The minimum atomic E-state index is 0.0590. The van der Waals surface area contributed by atoms with Crippen LogP contribution in [0.15, 0.2) is 0 Å². The zero-order valence-electron chi connectivity index (χ0n) is 7.23. The third kappa shape index (κ3) is 2.15. The molecule has 1 heterocycles. The second kappa shape index (κ2) is 4.04. The number of hydrogen-bond acceptors (Lipinski definition) is 3. The van der Waals surface area contributed by atoms with Crippen molar-refractivity contribution in [1.82, 2.24) is 5.32 Å². The molecule has 1 atom stereocenters. The van der Waals surface area contributed by atoms with E-state index in [-0.39, 0.29) is 5.60 Å². The van der Waals surface area contributed by atoms with Gasteiger partial charge in [-0.2, -0.15) is 0 Å². The van der Waals surface area contributed by atoms with Gasteiger partial charge in [0.1, 0.15) is 0 Å². The zero-order valence-corrected chi connectivity index (χ0v) is 7.23. The summed E-state index contributed by atoms with van der Waals surface area (Å²) < 4.78 is 5.69. The summed E-state index contributed by atoms with van der Waals surface area (Å²) in [6.07, 6.45) is 2.09. The van der Waals surface area contributed by atoms with Crippen LogP contribution in [-0.2, 0) is 4.74 Å². The fraction of sp³-hybridized carbons (Fsp3) is 1.00. The van der Waals surface area contributed by atoms with E-state index in [9.17, 15) is 0 Å². The van der Waals surface area contributed by atoms with Crippen molar-refractivity contribution < 1.29 is 4.74 Å². The summed E-state index contributed by atoms with van der Waals surface area (Å²) in [6.45, 7) is 5.60. The maximum absolute atomic E-state index is 5.69. The van der Waals surface area contributed by atoms with Gasteiger partial charge in [0.05, 0.1) is 5.60 Å². The summed E-state index contributed by atoms with van der Waals surface area (Å²) in [7, 11) is 0. The largest absolute Gasteiger partial charge is 0.374 e. The van der Waals surface area contributed by atoms with Crippen molar-refractivity contribution in [2.45, 2.75) is 25.4 Å². The van der Waals surface area contributed by atoms with E-state index >= 15 is 0 Å². The van der Waals surface area contributed by atoms with E-state index in [1.165, 1.54) is 0 Å². The molecule has 1 saturated heterocycles. The Labute approximate surface area is 68.3 Å². The van der Waals surface area contributed by atoms with Gasteiger partial charge in [-0.05, 0) is 32.9 Å². The minimum absolute atomic E-state index is 0.0590. The lowest BCUT2D eigenvalue weighted by Crippen LogP contribution is -2.37. The van der Waals surface area contributed by atoms with Gasteiger partial charge in [-0.15, -0.1) is 0 Å². The first-order valence-corrected chi connectivity index (χ1v) is 4.38. The van der Waals surface area contributed by atoms with Crippen LogP contribution in [-0.4, -0.2) is 31.8 Å². The molecule has 0 aromatic carbocycles. The Balaban J connectivity index is 2.40. The maximum Gasteiger partial charge on any atom is 0.0830 e. The molecule has 0 aromatic heterocycles. The number of nitrogens with two attached hydrogens (primary N) is 1. The number of hydrogen-bond donors (Lipinski definition) is 2. The molecule has 66 valence electrons. The Morgan fingerprint density at radius 2 is 2.45 bits per heavy atom. The molecule has 3 N–H and O–H groups in total. The highest BCUT2D eigenvalue weighted by Gasteiger charge is 2.33. The highest BCUT2D eigenvalue weighted by atomic mass is 16.5. The third-order valence-corrected chi connectivity index (χ3v) is 2.26. The number of rotatable bonds is 4. The molecule has 0 aromatic rings. The van der Waals surface area contributed by atoms with Gasteiger partial charge in [0.15, 0.2) is 0 Å². The van der Waals surface area contributed by atoms with Gasteiger partial charge in [0.2, 0.25) is 0 Å². The summed E-state index contributed by atoms with van der Waals surface area (Å²) in [4.78, 5) is 0. The van der Waals surface area contributed by atoms with E-state index in [2.05, 4.69) is 5.32 Å². The van der Waals surface area contributed by atoms with Crippen LogP contribution in [0.25, 0.3) is 0 Å². The molecule has 0 bridgehead atoms. The van der Waals surface area contributed by atoms with Crippen molar-refractivity contribution in [3.05, 3.63) is 0 Å². The lowest BCUT2D eigenvalue weighted by Gasteiger charge is -2.27. The Hall–Kier alpha value is -0.120. The van der Waals surface area contributed by atoms with Gasteiger partial charge in [-0.25, -0.2) is 0 Å². The summed E-state index contributed by atoms with van der Waals surface area (Å²) in [5.74, 6) is 0. The lowest BCUT2D eigenvalue weighted by atomic mass is 9.99. The summed E-state index contributed by atoms with van der Waals surface area (Å²) >= 11 is 0. The van der Waals surface area contributed by atoms with E-state index < -0.39 is 0 Å². The average molecular weight is 158 g/mol. The molecule has 0 amide bonds. The van der Waals surface area contributed by atoms with Crippen molar-refractivity contribution >= 4 is 0 Å². The van der Waals surface area contributed by atoms with Crippen LogP contribution in [0.1, 0.15) is 19.8 Å². The van der Waals surface area contributed by atoms with Crippen molar-refractivity contribution in [2.75, 3.05) is 26.2 Å². The molecule has 0 radical (unpaired) electrons. The van der Waals surface area contributed by atoms with Gasteiger partial charge < -0.3 is 15.8 Å². The summed E-state index contributed by atoms with van der Waals surface area (Å²) in [6, 6.07) is 0. The smallest absolute Gasteiger partial charge is 0.0830 e. The fourth-order valence-electron chi connectivity index (χ4n) is 1.70. The van der Waals surface area contributed by atoms with E-state index in [4.69, 9.17) is 10.5 Å². The van der Waals surface area contributed by atoms with Crippen molar-refractivity contribution in [1.29, 1.82) is 0 Å². The molecular weight excluding hydrogens is 140 g/mol. The Morgan fingerprint density at radius 1 is 1.64 bits per heavy atom. The summed E-state index contributed by atoms with van der Waals surface area (Å²) in [5.41, 5.74) is 5.58. The molecule has 1 fully saturated rings. The van der Waals surface area contributed by atoms with Gasteiger partial charge in [-0.1, -0.05) is 0 Å². The molecule has 1 aliphatic rings. The zero-order chi connectivity index (χ0) is 8.16. The molecule has 0 spiro atoms. The van der Waals surface area contributed by atoms with E-state index in [0.717, 1.165) is 39.1 Å². The first-order valence-electron chi connectivity index (χ1n) is 4.38. The standard InChI is InChI=1S/C8H18N2O/c1-2-11-8(3-5-9)4-6-10-7-8/h10H,2-7,9H2,1H3. The van der Waals surface area contributed by atoms with Crippen LogP contribution < -0.4 is 11.1 Å². The molecule has 0 saturated carbocycles. The normalized spacial score (nSPS) is 31.1. The number of nitrogens with one attached hydrogen (secondary N) is 1. The van der Waals surface area contributed by atoms with Crippen LogP contribution in [0.5, 0.6) is 0 Å². The maximum atomic E-state index is 5.69. The molecule has 1 unspecified atom stereocenters. The van der Waals surface area contributed by atoms with Gasteiger partial charge in [0, 0.05) is 13.2 Å². The molecule has 1 aliphatic heterocycles. The van der Waals surface area contributed by atoms with E-state index in [0.29, 0.717) is 0 Å². The fourth-order valence-corrected chi connectivity index (χ4v) is 1.70. The van der Waals surface area contributed by atoms with Crippen LogP contribution in [0, 0.1) is 0 Å². The van der Waals surface area contributed by atoms with E-state index in [1.54, 1.807) is 0 Å². The van der Waals surface area contributed by atoms with Crippen LogP contribution in [0.3, 0.4) is 0 Å². The Kier molecular flexibility index (Phi) is 3.30. The Morgan fingerprint density at radius 3 is 2.91 bits per heavy atom. The molecule has 11 heavy (non-hydrogen) atoms. The van der Waals surface area contributed by atoms with Gasteiger partial charge >= 0.3 is 0 Å². The molecule has 3 heteroatoms. The van der Waals surface area contributed by atoms with Crippen LogP contribution in [0.2, 0.25) is 0 Å². The summed E-state index contributed by atoms with van der Waals surface area (Å²) in [5, 5.41) is 3.30. The highest BCUT2D eigenvalue weighted by molar-refractivity contribution is 4.89. The van der Waals surface area contributed by atoms with Crippen molar-refractivity contribution in [2.24, 2.45) is 5.73 Å². The Bertz CT molecular complexity index is 103.